The maximum absolute atomic E-state index is 12.4. The van der Waals surface area contributed by atoms with E-state index in [-0.39, 0.29) is 0 Å². The first kappa shape index (κ1) is 14.1. The van der Waals surface area contributed by atoms with Crippen molar-refractivity contribution in [3.63, 3.8) is 0 Å². The summed E-state index contributed by atoms with van der Waals surface area (Å²) in [5.74, 6) is 0.668. The summed E-state index contributed by atoms with van der Waals surface area (Å²) in [5, 5.41) is 2.59. The summed E-state index contributed by atoms with van der Waals surface area (Å²) < 4.78 is 0. The van der Waals surface area contributed by atoms with Crippen molar-refractivity contribution in [2.24, 2.45) is 5.92 Å². The number of carbonyl (C=O) groups is 1. The number of benzene rings is 2. The predicted molar refractivity (Wildman–Crippen MR) is 87.2 cm³/mol. The summed E-state index contributed by atoms with van der Waals surface area (Å²) in [6, 6.07) is 14.9. The molecule has 0 aliphatic heterocycles. The van der Waals surface area contributed by atoms with Gasteiger partial charge in [0.25, 0.3) is 0 Å². The summed E-state index contributed by atoms with van der Waals surface area (Å²) in [5.41, 5.74) is 1.34. The molecule has 21 heavy (non-hydrogen) atoms. The van der Waals surface area contributed by atoms with Gasteiger partial charge in [-0.3, -0.25) is 4.79 Å². The zero-order valence-corrected chi connectivity index (χ0v) is 12.7. The van der Waals surface area contributed by atoms with Crippen molar-refractivity contribution in [1.82, 2.24) is 4.90 Å². The number of fused-ring (bicyclic) bond motifs is 1. The molecular formula is C19H23NO. The highest BCUT2D eigenvalue weighted by Gasteiger charge is 2.28. The molecule has 110 valence electrons. The van der Waals surface area contributed by atoms with E-state index in [4.69, 9.17) is 0 Å². The quantitative estimate of drug-likeness (QED) is 0.810. The van der Waals surface area contributed by atoms with Crippen LogP contribution in [0.5, 0.6) is 0 Å². The van der Waals surface area contributed by atoms with Crippen molar-refractivity contribution >= 4 is 16.7 Å². The zero-order chi connectivity index (χ0) is 14.7. The molecule has 0 radical (unpaired) electrons. The molecule has 1 amide bonds. The fraction of sp³-hybridized carbons (Fsp3) is 0.421. The molecule has 2 aromatic rings. The molecule has 1 fully saturated rings. The molecule has 1 saturated carbocycles. The average Bonchev–Trinajstić information content (AvgIpc) is 2.46. The first-order valence-electron chi connectivity index (χ1n) is 8.05. The summed E-state index contributed by atoms with van der Waals surface area (Å²) >= 11 is 0. The van der Waals surface area contributed by atoms with Gasteiger partial charge in [0, 0.05) is 19.0 Å². The van der Waals surface area contributed by atoms with Gasteiger partial charge in [0.15, 0.2) is 0 Å². The van der Waals surface area contributed by atoms with E-state index in [0.717, 1.165) is 32.4 Å². The van der Waals surface area contributed by atoms with Crippen LogP contribution in [0.1, 0.15) is 31.7 Å². The van der Waals surface area contributed by atoms with Crippen LogP contribution in [-0.2, 0) is 11.2 Å². The van der Waals surface area contributed by atoms with E-state index in [1.54, 1.807) is 0 Å². The molecule has 3 rings (SSSR count). The van der Waals surface area contributed by atoms with E-state index in [9.17, 15) is 4.79 Å². The van der Waals surface area contributed by atoms with Crippen LogP contribution in [0.3, 0.4) is 0 Å². The second-order valence-electron chi connectivity index (χ2n) is 5.93. The second kappa shape index (κ2) is 6.30. The Hall–Kier alpha value is -1.83. The average molecular weight is 281 g/mol. The van der Waals surface area contributed by atoms with Crippen molar-refractivity contribution in [1.29, 1.82) is 0 Å². The Morgan fingerprint density at radius 1 is 1.14 bits per heavy atom. The Labute approximate surface area is 126 Å². The number of hydrogen-bond acceptors (Lipinski definition) is 1. The number of amides is 1. The van der Waals surface area contributed by atoms with Gasteiger partial charge < -0.3 is 4.90 Å². The highest BCUT2D eigenvalue weighted by atomic mass is 16.2. The van der Waals surface area contributed by atoms with Crippen LogP contribution in [0.25, 0.3) is 10.8 Å². The molecule has 1 aliphatic rings. The lowest BCUT2D eigenvalue weighted by molar-refractivity contribution is -0.137. The minimum absolute atomic E-state index is 0.303. The van der Waals surface area contributed by atoms with Crippen molar-refractivity contribution < 1.29 is 4.79 Å². The fourth-order valence-corrected chi connectivity index (χ4v) is 3.10. The second-order valence-corrected chi connectivity index (χ2v) is 5.93. The third kappa shape index (κ3) is 2.94. The van der Waals surface area contributed by atoms with Gasteiger partial charge in [-0.15, -0.1) is 0 Å². The third-order valence-electron chi connectivity index (χ3n) is 4.68. The third-order valence-corrected chi connectivity index (χ3v) is 4.68. The van der Waals surface area contributed by atoms with Crippen LogP contribution in [0, 0.1) is 5.92 Å². The van der Waals surface area contributed by atoms with Crippen LogP contribution >= 0.6 is 0 Å². The lowest BCUT2D eigenvalue weighted by Gasteiger charge is -2.31. The van der Waals surface area contributed by atoms with E-state index < -0.39 is 0 Å². The summed E-state index contributed by atoms with van der Waals surface area (Å²) in [6.45, 7) is 3.74. The summed E-state index contributed by atoms with van der Waals surface area (Å²) in [7, 11) is 0. The molecule has 0 saturated heterocycles. The highest BCUT2D eigenvalue weighted by molar-refractivity contribution is 5.85. The minimum atomic E-state index is 0.303. The minimum Gasteiger partial charge on any atom is -0.342 e. The first-order chi connectivity index (χ1) is 10.3. The number of hydrogen-bond donors (Lipinski definition) is 0. The summed E-state index contributed by atoms with van der Waals surface area (Å²) in [4.78, 5) is 14.4. The fourth-order valence-electron chi connectivity index (χ4n) is 3.10. The normalized spacial score (nSPS) is 14.9. The summed E-state index contributed by atoms with van der Waals surface area (Å²) in [6.07, 6.45) is 4.33. The number of carbonyl (C=O) groups excluding carboxylic acids is 1. The zero-order valence-electron chi connectivity index (χ0n) is 12.7. The van der Waals surface area contributed by atoms with Crippen LogP contribution in [0.15, 0.2) is 42.5 Å². The molecule has 0 atom stereocenters. The van der Waals surface area contributed by atoms with E-state index >= 15 is 0 Å². The molecule has 0 aromatic heterocycles. The van der Waals surface area contributed by atoms with Crippen LogP contribution < -0.4 is 0 Å². The Morgan fingerprint density at radius 2 is 1.90 bits per heavy atom. The SMILES string of the molecule is CCN(CCc1cccc2ccccc12)C(=O)C1CCC1. The van der Waals surface area contributed by atoms with Gasteiger partial charge in [-0.2, -0.15) is 0 Å². The van der Waals surface area contributed by atoms with E-state index in [1.165, 1.54) is 22.8 Å². The predicted octanol–water partition coefficient (Wildman–Crippen LogP) is 4.03. The number of nitrogens with zero attached hydrogens (tertiary/aromatic N) is 1. The van der Waals surface area contributed by atoms with Crippen LogP contribution in [0.2, 0.25) is 0 Å². The monoisotopic (exact) mass is 281 g/mol. The molecule has 0 spiro atoms. The molecule has 0 N–H and O–H groups in total. The maximum Gasteiger partial charge on any atom is 0.225 e. The van der Waals surface area contributed by atoms with E-state index in [0.29, 0.717) is 11.8 Å². The maximum atomic E-state index is 12.4. The Bertz CT molecular complexity index is 625. The molecule has 0 bridgehead atoms. The Kier molecular flexibility index (Phi) is 4.23. The van der Waals surface area contributed by atoms with Crippen molar-refractivity contribution in [3.8, 4) is 0 Å². The van der Waals surface area contributed by atoms with E-state index in [1.807, 2.05) is 4.90 Å². The van der Waals surface area contributed by atoms with Crippen LogP contribution in [0.4, 0.5) is 0 Å². The number of likely N-dealkylation sites (N-methyl/N-ethyl adjacent to an activating group) is 1. The van der Waals surface area contributed by atoms with Gasteiger partial charge in [-0.25, -0.2) is 0 Å². The van der Waals surface area contributed by atoms with Gasteiger partial charge in [0.1, 0.15) is 0 Å². The lowest BCUT2D eigenvalue weighted by Crippen LogP contribution is -2.39. The molecule has 2 aromatic carbocycles. The molecule has 1 aliphatic carbocycles. The van der Waals surface area contributed by atoms with Gasteiger partial charge in [-0.05, 0) is 42.5 Å². The first-order valence-corrected chi connectivity index (χ1v) is 8.05. The van der Waals surface area contributed by atoms with Crippen molar-refractivity contribution in [2.45, 2.75) is 32.6 Å². The highest BCUT2D eigenvalue weighted by Crippen LogP contribution is 2.28. The van der Waals surface area contributed by atoms with E-state index in [2.05, 4.69) is 49.4 Å². The van der Waals surface area contributed by atoms with Gasteiger partial charge in [-0.1, -0.05) is 48.9 Å². The van der Waals surface area contributed by atoms with Crippen LogP contribution in [-0.4, -0.2) is 23.9 Å². The molecule has 2 nitrogen and oxygen atoms in total. The number of rotatable bonds is 5. The standard InChI is InChI=1S/C19H23NO/c1-2-20(19(21)17-10-6-11-17)14-13-16-9-5-8-15-7-3-4-12-18(15)16/h3-5,7-9,12,17H,2,6,10-11,13-14H2,1H3. The Morgan fingerprint density at radius 3 is 2.62 bits per heavy atom. The molecule has 2 heteroatoms. The van der Waals surface area contributed by atoms with Gasteiger partial charge >= 0.3 is 0 Å². The molecule has 0 heterocycles. The van der Waals surface area contributed by atoms with Gasteiger partial charge in [0.05, 0.1) is 0 Å². The Balaban J connectivity index is 1.71. The van der Waals surface area contributed by atoms with Gasteiger partial charge in [0.2, 0.25) is 5.91 Å². The molecule has 0 unspecified atom stereocenters. The smallest absolute Gasteiger partial charge is 0.225 e. The molecular weight excluding hydrogens is 258 g/mol. The topological polar surface area (TPSA) is 20.3 Å². The lowest BCUT2D eigenvalue weighted by atomic mass is 9.84. The van der Waals surface area contributed by atoms with Crippen molar-refractivity contribution in [2.75, 3.05) is 13.1 Å². The van der Waals surface area contributed by atoms with Crippen molar-refractivity contribution in [3.05, 3.63) is 48.0 Å². The largest absolute Gasteiger partial charge is 0.342 e.